The van der Waals surface area contributed by atoms with Crippen molar-refractivity contribution in [3.8, 4) is 16.8 Å². The van der Waals surface area contributed by atoms with Crippen LogP contribution in [0.1, 0.15) is 27.8 Å². The zero-order chi connectivity index (χ0) is 32.6. The van der Waals surface area contributed by atoms with Crippen LogP contribution in [-0.4, -0.2) is 67.5 Å². The van der Waals surface area contributed by atoms with E-state index < -0.39 is 33.5 Å². The first kappa shape index (κ1) is 30.8. The van der Waals surface area contributed by atoms with Crippen molar-refractivity contribution in [2.45, 2.75) is 12.5 Å². The van der Waals surface area contributed by atoms with Crippen LogP contribution in [0, 0.1) is 5.82 Å². The van der Waals surface area contributed by atoms with Gasteiger partial charge in [-0.25, -0.2) is 14.1 Å². The predicted octanol–water partition coefficient (Wildman–Crippen LogP) is 3.53. The van der Waals surface area contributed by atoms with Gasteiger partial charge in [0.15, 0.2) is 0 Å². The first-order valence-corrected chi connectivity index (χ1v) is 15.5. The molecule has 0 fully saturated rings. The van der Waals surface area contributed by atoms with Crippen LogP contribution in [0.2, 0.25) is 5.02 Å². The first-order valence-electron chi connectivity index (χ1n) is 13.7. The number of imidazole rings is 1. The number of fused-ring (bicyclic) bond motifs is 1. The molecule has 13 nitrogen and oxygen atoms in total. The SMILES string of the molecule is CN(C)S(=O)(=O)NC(=O)c1ccc2[nH]c(C(Cc3ccccc3)n3cc(F)c(-c4cc(Cl)ccc4-n4cnnn4)cc3=O)nc2c1. The van der Waals surface area contributed by atoms with Crippen molar-refractivity contribution in [3.05, 3.63) is 123 Å². The molecule has 0 spiro atoms. The van der Waals surface area contributed by atoms with E-state index in [0.29, 0.717) is 33.1 Å². The van der Waals surface area contributed by atoms with Crippen molar-refractivity contribution in [1.82, 2.24) is 43.8 Å². The topological polar surface area (TPSA) is 161 Å². The summed E-state index contributed by atoms with van der Waals surface area (Å²) in [6.07, 6.45) is 2.73. The van der Waals surface area contributed by atoms with Crippen LogP contribution < -0.4 is 10.3 Å². The number of H-pyrrole nitrogens is 1. The average Bonchev–Trinajstić information content (AvgIpc) is 3.71. The molecule has 0 aliphatic carbocycles. The molecule has 0 saturated carbocycles. The van der Waals surface area contributed by atoms with Crippen molar-refractivity contribution in [2.75, 3.05) is 14.1 Å². The standard InChI is InChI=1S/C30H25ClFN9O4S/c1-39(2)46(44,45)36-30(43)19-8-10-24-25(13-19)35-29(34-24)27(12-18-6-4-3-5-7-18)40-16-23(32)21(15-28(40)42)22-14-20(31)9-11-26(22)41-17-33-37-38-41/h3-11,13-17,27H,12H2,1-2H3,(H,34,35)(H,36,43). The summed E-state index contributed by atoms with van der Waals surface area (Å²) in [5, 5.41) is 11.5. The van der Waals surface area contributed by atoms with E-state index >= 15 is 4.39 Å². The zero-order valence-electron chi connectivity index (χ0n) is 24.3. The minimum atomic E-state index is -4.01. The fourth-order valence-corrected chi connectivity index (χ4v) is 5.63. The number of benzene rings is 3. The van der Waals surface area contributed by atoms with Crippen LogP contribution in [-0.2, 0) is 16.6 Å². The number of amides is 1. The van der Waals surface area contributed by atoms with E-state index in [1.807, 2.05) is 35.1 Å². The van der Waals surface area contributed by atoms with Gasteiger partial charge in [-0.1, -0.05) is 41.9 Å². The lowest BCUT2D eigenvalue weighted by atomic mass is 10.0. The molecule has 3 aromatic heterocycles. The molecule has 0 radical (unpaired) electrons. The van der Waals surface area contributed by atoms with Crippen molar-refractivity contribution in [3.63, 3.8) is 0 Å². The summed E-state index contributed by atoms with van der Waals surface area (Å²) >= 11 is 6.25. The number of rotatable bonds is 9. The Hall–Kier alpha value is -5.25. The lowest BCUT2D eigenvalue weighted by Gasteiger charge is -2.19. The van der Waals surface area contributed by atoms with Crippen molar-refractivity contribution in [1.29, 1.82) is 0 Å². The second-order valence-corrected chi connectivity index (χ2v) is 12.8. The van der Waals surface area contributed by atoms with Crippen LogP contribution in [0.15, 0.2) is 90.1 Å². The monoisotopic (exact) mass is 661 g/mol. The summed E-state index contributed by atoms with van der Waals surface area (Å²) in [5.74, 6) is -1.22. The van der Waals surface area contributed by atoms with Crippen LogP contribution >= 0.6 is 11.6 Å². The summed E-state index contributed by atoms with van der Waals surface area (Å²) in [5.41, 5.74) is 1.99. The van der Waals surface area contributed by atoms with Crippen molar-refractivity contribution >= 4 is 38.8 Å². The molecule has 3 aromatic carbocycles. The lowest BCUT2D eigenvalue weighted by molar-refractivity contribution is 0.0980. The highest BCUT2D eigenvalue weighted by atomic mass is 35.5. The number of pyridine rings is 1. The average molecular weight is 662 g/mol. The quantitative estimate of drug-likeness (QED) is 0.238. The van der Waals surface area contributed by atoms with Crippen LogP contribution in [0.5, 0.6) is 0 Å². The Morgan fingerprint density at radius 3 is 2.57 bits per heavy atom. The van der Waals surface area contributed by atoms with E-state index in [-0.39, 0.29) is 17.5 Å². The summed E-state index contributed by atoms with van der Waals surface area (Å²) in [4.78, 5) is 34.3. The normalized spacial score (nSPS) is 12.5. The molecule has 6 rings (SSSR count). The van der Waals surface area contributed by atoms with Gasteiger partial charge in [0.25, 0.3) is 11.5 Å². The Morgan fingerprint density at radius 1 is 1.07 bits per heavy atom. The Labute approximate surface area is 266 Å². The van der Waals surface area contributed by atoms with Gasteiger partial charge in [-0.05, 0) is 52.4 Å². The maximum atomic E-state index is 16.0. The largest absolute Gasteiger partial charge is 0.340 e. The summed E-state index contributed by atoms with van der Waals surface area (Å²) in [6, 6.07) is 18.9. The van der Waals surface area contributed by atoms with E-state index in [2.05, 4.69) is 25.5 Å². The highest BCUT2D eigenvalue weighted by Crippen LogP contribution is 2.31. The highest BCUT2D eigenvalue weighted by molar-refractivity contribution is 7.87. The Bertz CT molecular complexity index is 2240. The summed E-state index contributed by atoms with van der Waals surface area (Å²) < 4.78 is 45.8. The third kappa shape index (κ3) is 6.15. The second-order valence-electron chi connectivity index (χ2n) is 10.5. The number of hydrogen-bond acceptors (Lipinski definition) is 8. The molecule has 234 valence electrons. The van der Waals surface area contributed by atoms with E-state index in [4.69, 9.17) is 11.6 Å². The number of carbonyl (C=O) groups is 1. The molecule has 1 amide bonds. The van der Waals surface area contributed by atoms with Crippen LogP contribution in [0.25, 0.3) is 27.8 Å². The van der Waals surface area contributed by atoms with E-state index in [9.17, 15) is 18.0 Å². The minimum absolute atomic E-state index is 0.000600. The third-order valence-electron chi connectivity index (χ3n) is 7.27. The first-order chi connectivity index (χ1) is 22.0. The minimum Gasteiger partial charge on any atom is -0.340 e. The molecule has 2 N–H and O–H groups in total. The van der Waals surface area contributed by atoms with Gasteiger partial charge in [-0.2, -0.15) is 17.4 Å². The smallest absolute Gasteiger partial charge is 0.303 e. The highest BCUT2D eigenvalue weighted by Gasteiger charge is 2.24. The number of halogens is 2. The molecular weight excluding hydrogens is 637 g/mol. The third-order valence-corrected chi connectivity index (χ3v) is 8.91. The predicted molar refractivity (Wildman–Crippen MR) is 168 cm³/mol. The summed E-state index contributed by atoms with van der Waals surface area (Å²) in [6.45, 7) is 0. The molecule has 1 atom stereocenters. The lowest BCUT2D eigenvalue weighted by Crippen LogP contribution is -2.39. The fraction of sp³-hybridized carbons (Fsp3) is 0.133. The maximum Gasteiger partial charge on any atom is 0.303 e. The molecule has 16 heteroatoms. The molecule has 0 aliphatic heterocycles. The van der Waals surface area contributed by atoms with E-state index in [1.165, 1.54) is 53.9 Å². The van der Waals surface area contributed by atoms with Gasteiger partial charge in [0.1, 0.15) is 18.0 Å². The van der Waals surface area contributed by atoms with E-state index in [0.717, 1.165) is 16.1 Å². The second kappa shape index (κ2) is 12.3. The number of nitrogens with one attached hydrogen (secondary N) is 2. The molecule has 1 unspecified atom stereocenters. The van der Waals surface area contributed by atoms with Gasteiger partial charge >= 0.3 is 10.2 Å². The van der Waals surface area contributed by atoms with Gasteiger partial charge in [-0.15, -0.1) is 5.10 Å². The van der Waals surface area contributed by atoms with Crippen LogP contribution in [0.3, 0.4) is 0 Å². The summed E-state index contributed by atoms with van der Waals surface area (Å²) in [7, 11) is -1.42. The zero-order valence-corrected chi connectivity index (χ0v) is 25.9. The number of hydrogen-bond donors (Lipinski definition) is 2. The Balaban J connectivity index is 1.43. The van der Waals surface area contributed by atoms with Gasteiger partial charge < -0.3 is 9.55 Å². The van der Waals surface area contributed by atoms with Crippen LogP contribution in [0.4, 0.5) is 4.39 Å². The van der Waals surface area contributed by atoms with Crippen molar-refractivity contribution in [2.24, 2.45) is 0 Å². The molecule has 3 heterocycles. The molecule has 0 saturated heterocycles. The van der Waals surface area contributed by atoms with Gasteiger partial charge in [0.2, 0.25) is 0 Å². The number of aromatic nitrogens is 7. The number of tetrazole rings is 1. The molecule has 0 bridgehead atoms. The number of carbonyl (C=O) groups excluding carboxylic acids is 1. The molecule has 46 heavy (non-hydrogen) atoms. The fourth-order valence-electron chi connectivity index (χ4n) is 4.92. The molecular formula is C30H25ClFN9O4S. The van der Waals surface area contributed by atoms with Gasteiger partial charge in [0.05, 0.1) is 22.8 Å². The molecule has 6 aromatic rings. The number of aromatic amines is 1. The molecule has 0 aliphatic rings. The van der Waals surface area contributed by atoms with Gasteiger partial charge in [-0.3, -0.25) is 9.59 Å². The van der Waals surface area contributed by atoms with Gasteiger partial charge in [0, 0.05) is 54.5 Å². The van der Waals surface area contributed by atoms with E-state index in [1.54, 1.807) is 18.2 Å². The Kier molecular flexibility index (Phi) is 8.20. The maximum absolute atomic E-state index is 16.0. The Morgan fingerprint density at radius 2 is 1.85 bits per heavy atom. The number of nitrogens with zero attached hydrogens (tertiary/aromatic N) is 7. The van der Waals surface area contributed by atoms with Crippen molar-refractivity contribution < 1.29 is 17.6 Å².